The lowest BCUT2D eigenvalue weighted by molar-refractivity contribution is -0.870. The first-order valence-corrected chi connectivity index (χ1v) is 25.0. The Kier molecular flexibility index (Phi) is 38.8. The molecule has 0 radical (unpaired) electrons. The lowest BCUT2D eigenvalue weighted by atomic mass is 10.0. The number of aliphatic hydroxyl groups is 1. The van der Waals surface area contributed by atoms with E-state index in [4.69, 9.17) is 9.05 Å². The van der Waals surface area contributed by atoms with E-state index in [0.29, 0.717) is 23.9 Å². The van der Waals surface area contributed by atoms with Crippen LogP contribution in [0.4, 0.5) is 0 Å². The summed E-state index contributed by atoms with van der Waals surface area (Å²) in [6.07, 6.45) is 50.2. The second-order valence-corrected chi connectivity index (χ2v) is 18.6. The van der Waals surface area contributed by atoms with Gasteiger partial charge in [-0.05, 0) is 51.4 Å². The minimum absolute atomic E-state index is 0.0735. The topological polar surface area (TPSA) is 105 Å². The molecule has 0 saturated carbocycles. The number of carbonyl (C=O) groups excluding carboxylic acids is 1. The maximum absolute atomic E-state index is 12.9. The quantitative estimate of drug-likeness (QED) is 0.0245. The van der Waals surface area contributed by atoms with Crippen molar-refractivity contribution in [2.45, 2.75) is 212 Å². The molecule has 3 unspecified atom stereocenters. The number of carbonyl (C=O) groups is 1. The van der Waals surface area contributed by atoms with E-state index in [1.54, 1.807) is 0 Å². The summed E-state index contributed by atoms with van der Waals surface area (Å²) in [4.78, 5) is 23.1. The monoisotopic (exact) mass is 824 g/mol. The van der Waals surface area contributed by atoms with Crippen LogP contribution in [0.3, 0.4) is 0 Å². The van der Waals surface area contributed by atoms with Crippen LogP contribution in [0.1, 0.15) is 200 Å². The molecule has 9 heteroatoms. The molecule has 0 aromatic carbocycles. The molecule has 0 aliphatic carbocycles. The highest BCUT2D eigenvalue weighted by molar-refractivity contribution is 7.47. The van der Waals surface area contributed by atoms with Crippen molar-refractivity contribution in [3.63, 3.8) is 0 Å². The molecular formula is C48H92N2O6P+. The molecule has 0 heterocycles. The number of allylic oxidation sites excluding steroid dienone is 8. The van der Waals surface area contributed by atoms with Crippen molar-refractivity contribution >= 4 is 13.7 Å². The first-order chi connectivity index (χ1) is 27.5. The van der Waals surface area contributed by atoms with Crippen LogP contribution in [0, 0.1) is 0 Å². The third kappa shape index (κ3) is 42.4. The van der Waals surface area contributed by atoms with E-state index in [1.165, 1.54) is 109 Å². The Balaban J connectivity index is 4.06. The average Bonchev–Trinajstić information content (AvgIpc) is 3.16. The summed E-state index contributed by atoms with van der Waals surface area (Å²) < 4.78 is 23.5. The van der Waals surface area contributed by atoms with Crippen molar-refractivity contribution in [2.75, 3.05) is 40.9 Å². The van der Waals surface area contributed by atoms with Crippen LogP contribution in [-0.2, 0) is 18.4 Å². The number of likely N-dealkylation sites (N-methyl/N-ethyl adjacent to an activating group) is 1. The highest BCUT2D eigenvalue weighted by atomic mass is 31.2. The number of rotatable bonds is 42. The van der Waals surface area contributed by atoms with Crippen molar-refractivity contribution in [1.29, 1.82) is 0 Å². The molecule has 8 nitrogen and oxygen atoms in total. The second kappa shape index (κ2) is 39.9. The van der Waals surface area contributed by atoms with Gasteiger partial charge in [0.1, 0.15) is 13.2 Å². The number of phosphoric acid groups is 1. The Bertz CT molecular complexity index is 1070. The number of hydrogen-bond donors (Lipinski definition) is 3. The minimum Gasteiger partial charge on any atom is -0.391 e. The average molecular weight is 824 g/mol. The van der Waals surface area contributed by atoms with Crippen molar-refractivity contribution in [1.82, 2.24) is 5.32 Å². The van der Waals surface area contributed by atoms with Crippen molar-refractivity contribution in [3.05, 3.63) is 48.6 Å². The van der Waals surface area contributed by atoms with E-state index in [-0.39, 0.29) is 19.1 Å². The maximum atomic E-state index is 12.9. The van der Waals surface area contributed by atoms with Crippen LogP contribution in [0.25, 0.3) is 0 Å². The molecule has 3 N–H and O–H groups in total. The van der Waals surface area contributed by atoms with Crippen LogP contribution < -0.4 is 5.32 Å². The fourth-order valence-electron chi connectivity index (χ4n) is 6.62. The first kappa shape index (κ1) is 55.5. The minimum atomic E-state index is -4.31. The third-order valence-corrected chi connectivity index (χ3v) is 11.3. The fraction of sp³-hybridized carbons (Fsp3) is 0.812. The molecule has 57 heavy (non-hydrogen) atoms. The number of hydrogen-bond acceptors (Lipinski definition) is 5. The van der Waals surface area contributed by atoms with Crippen LogP contribution in [0.5, 0.6) is 0 Å². The number of nitrogens with zero attached hydrogens (tertiary/aromatic N) is 1. The van der Waals surface area contributed by atoms with Gasteiger partial charge in [0.05, 0.1) is 39.9 Å². The van der Waals surface area contributed by atoms with Gasteiger partial charge in [-0.1, -0.05) is 191 Å². The lowest BCUT2D eigenvalue weighted by Gasteiger charge is -2.26. The molecule has 0 aliphatic rings. The molecule has 0 aromatic rings. The molecular weight excluding hydrogens is 732 g/mol. The molecule has 0 spiro atoms. The number of quaternary nitrogens is 1. The third-order valence-electron chi connectivity index (χ3n) is 10.3. The highest BCUT2D eigenvalue weighted by Gasteiger charge is 2.28. The van der Waals surface area contributed by atoms with Crippen LogP contribution in [0.2, 0.25) is 0 Å². The standard InChI is InChI=1S/C48H91N2O6P/c1-6-8-10-12-14-16-17-18-19-20-21-22-23-24-25-26-27-28-29-30-31-32-33-34-36-38-40-42-48(52)49-46(45-56-57(53,54)55-44-43-50(3,4)5)47(51)41-39-37-35-15-13-11-9-7-2/h8,10,14,16,18-19,21-22,46-47,51H,6-7,9,11-13,15,17,20,23-45H2,1-5H3,(H-,49,52,53,54)/p+1/b10-8-,16-14-,19-18-,22-21-. The molecule has 334 valence electrons. The van der Waals surface area contributed by atoms with Gasteiger partial charge in [0.25, 0.3) is 0 Å². The number of aliphatic hydroxyl groups excluding tert-OH is 1. The van der Waals surface area contributed by atoms with Crippen molar-refractivity contribution in [3.8, 4) is 0 Å². The van der Waals surface area contributed by atoms with Gasteiger partial charge in [-0.25, -0.2) is 4.57 Å². The summed E-state index contributed by atoms with van der Waals surface area (Å²) in [5.74, 6) is -0.150. The Morgan fingerprint density at radius 3 is 1.54 bits per heavy atom. The zero-order valence-corrected chi connectivity index (χ0v) is 38.7. The summed E-state index contributed by atoms with van der Waals surface area (Å²) in [5, 5.41) is 13.9. The Labute approximate surface area is 352 Å². The van der Waals surface area contributed by atoms with Crippen molar-refractivity contribution in [2.24, 2.45) is 0 Å². The van der Waals surface area contributed by atoms with Gasteiger partial charge in [0.15, 0.2) is 0 Å². The number of nitrogens with one attached hydrogen (secondary N) is 1. The van der Waals surface area contributed by atoms with Crippen molar-refractivity contribution < 1.29 is 32.9 Å². The summed E-state index contributed by atoms with van der Waals surface area (Å²) in [6.45, 7) is 4.73. The van der Waals surface area contributed by atoms with E-state index in [2.05, 4.69) is 67.8 Å². The van der Waals surface area contributed by atoms with Gasteiger partial charge in [-0.15, -0.1) is 0 Å². The molecule has 0 fully saturated rings. The predicted octanol–water partition coefficient (Wildman–Crippen LogP) is 13.2. The Morgan fingerprint density at radius 1 is 0.614 bits per heavy atom. The Morgan fingerprint density at radius 2 is 1.05 bits per heavy atom. The zero-order valence-electron chi connectivity index (χ0n) is 37.8. The highest BCUT2D eigenvalue weighted by Crippen LogP contribution is 2.43. The SMILES string of the molecule is CC/C=C\C/C=C\C/C=C\C/C=C\CCCCCCCCCCCCCCCCC(=O)NC(COP(=O)(O)OCC[N+](C)(C)C)C(O)CCCCCCCCCC. The van der Waals surface area contributed by atoms with E-state index in [1.807, 2.05) is 21.1 Å². The van der Waals surface area contributed by atoms with E-state index in [9.17, 15) is 19.4 Å². The largest absolute Gasteiger partial charge is 0.472 e. The van der Waals surface area contributed by atoms with Gasteiger partial charge in [-0.2, -0.15) is 0 Å². The molecule has 0 aromatic heterocycles. The van der Waals surface area contributed by atoms with Gasteiger partial charge >= 0.3 is 7.82 Å². The summed E-state index contributed by atoms with van der Waals surface area (Å²) >= 11 is 0. The molecule has 0 bridgehead atoms. The van der Waals surface area contributed by atoms with E-state index in [0.717, 1.165) is 64.2 Å². The van der Waals surface area contributed by atoms with Gasteiger partial charge in [0, 0.05) is 6.42 Å². The number of amides is 1. The van der Waals surface area contributed by atoms with Crippen LogP contribution >= 0.6 is 7.82 Å². The predicted molar refractivity (Wildman–Crippen MR) is 244 cm³/mol. The number of phosphoric ester groups is 1. The molecule has 1 amide bonds. The molecule has 3 atom stereocenters. The van der Waals surface area contributed by atoms with Crippen LogP contribution in [-0.4, -0.2) is 73.4 Å². The summed E-state index contributed by atoms with van der Waals surface area (Å²) in [5.41, 5.74) is 0. The smallest absolute Gasteiger partial charge is 0.391 e. The van der Waals surface area contributed by atoms with Gasteiger partial charge in [-0.3, -0.25) is 13.8 Å². The van der Waals surface area contributed by atoms with Gasteiger partial charge < -0.3 is 19.8 Å². The fourth-order valence-corrected chi connectivity index (χ4v) is 7.36. The second-order valence-electron chi connectivity index (χ2n) is 17.1. The summed E-state index contributed by atoms with van der Waals surface area (Å²) in [6, 6.07) is -0.758. The summed E-state index contributed by atoms with van der Waals surface area (Å²) in [7, 11) is 1.61. The van der Waals surface area contributed by atoms with E-state index < -0.39 is 20.0 Å². The zero-order chi connectivity index (χ0) is 42.1. The molecule has 0 aliphatic heterocycles. The van der Waals surface area contributed by atoms with Gasteiger partial charge in [0.2, 0.25) is 5.91 Å². The molecule has 0 rings (SSSR count). The molecule has 0 saturated heterocycles. The first-order valence-electron chi connectivity index (χ1n) is 23.5. The van der Waals surface area contributed by atoms with Crippen LogP contribution in [0.15, 0.2) is 48.6 Å². The lowest BCUT2D eigenvalue weighted by Crippen LogP contribution is -2.46. The van der Waals surface area contributed by atoms with E-state index >= 15 is 0 Å². The maximum Gasteiger partial charge on any atom is 0.472 e. The normalized spacial score (nSPS) is 14.7. The number of unbranched alkanes of at least 4 members (excludes halogenated alkanes) is 21. The Hall–Kier alpha value is -1.54.